The number of aryl methyl sites for hydroxylation is 3. The quantitative estimate of drug-likeness (QED) is 0.183. The number of pyridine rings is 1. The van der Waals surface area contributed by atoms with Crippen molar-refractivity contribution in [1.29, 1.82) is 0 Å². The van der Waals surface area contributed by atoms with Gasteiger partial charge in [0, 0.05) is 59.4 Å². The highest BCUT2D eigenvalue weighted by molar-refractivity contribution is 5.80. The van der Waals surface area contributed by atoms with Gasteiger partial charge >= 0.3 is 0 Å². The summed E-state index contributed by atoms with van der Waals surface area (Å²) in [7, 11) is 2.06. The zero-order chi connectivity index (χ0) is 34.4. The molecule has 0 spiro atoms. The normalized spacial score (nSPS) is 13.4. The van der Waals surface area contributed by atoms with Gasteiger partial charge in [-0.25, -0.2) is 15.0 Å². The molecule has 0 bridgehead atoms. The SMILES string of the molecule is Cc1cnc(-c2cccc(Oc3cccc(N4C=CN(C)C4)c3)c2)cc1-c1c(C)cc(-c2nc(C(C)(C)C)nc(C(C)(C)C)n2)cc1C. The van der Waals surface area contributed by atoms with E-state index in [4.69, 9.17) is 24.7 Å². The molecule has 48 heavy (non-hydrogen) atoms. The molecule has 2 aromatic heterocycles. The predicted octanol–water partition coefficient (Wildman–Crippen LogP) is 9.76. The zero-order valence-corrected chi connectivity index (χ0v) is 29.9. The van der Waals surface area contributed by atoms with Crippen molar-refractivity contribution >= 4 is 5.69 Å². The van der Waals surface area contributed by atoms with Gasteiger partial charge in [0.15, 0.2) is 5.82 Å². The van der Waals surface area contributed by atoms with Gasteiger partial charge in [-0.15, -0.1) is 0 Å². The first-order valence-corrected chi connectivity index (χ1v) is 16.5. The van der Waals surface area contributed by atoms with Crippen LogP contribution in [-0.4, -0.2) is 38.6 Å². The Hall–Kier alpha value is -5.04. The maximum absolute atomic E-state index is 6.35. The monoisotopic (exact) mass is 638 g/mol. The smallest absolute Gasteiger partial charge is 0.163 e. The molecule has 1 aliphatic heterocycles. The van der Waals surface area contributed by atoms with E-state index in [9.17, 15) is 0 Å². The highest BCUT2D eigenvalue weighted by Crippen LogP contribution is 2.37. The lowest BCUT2D eigenvalue weighted by Crippen LogP contribution is -2.24. The number of hydrogen-bond acceptors (Lipinski definition) is 7. The lowest BCUT2D eigenvalue weighted by molar-refractivity contribution is 0.481. The first kappa shape index (κ1) is 32.9. The summed E-state index contributed by atoms with van der Waals surface area (Å²) < 4.78 is 6.35. The summed E-state index contributed by atoms with van der Waals surface area (Å²) >= 11 is 0. The van der Waals surface area contributed by atoms with E-state index in [1.165, 1.54) is 5.56 Å². The summed E-state index contributed by atoms with van der Waals surface area (Å²) in [6, 6.07) is 22.9. The van der Waals surface area contributed by atoms with Crippen LogP contribution in [0.3, 0.4) is 0 Å². The largest absolute Gasteiger partial charge is 0.457 e. The van der Waals surface area contributed by atoms with Gasteiger partial charge in [0.1, 0.15) is 23.1 Å². The van der Waals surface area contributed by atoms with Crippen LogP contribution in [0.15, 0.2) is 85.3 Å². The minimum atomic E-state index is -0.193. The summed E-state index contributed by atoms with van der Waals surface area (Å²) in [5, 5.41) is 0. The molecule has 3 heterocycles. The highest BCUT2D eigenvalue weighted by Gasteiger charge is 2.26. The number of aromatic nitrogens is 4. The molecule has 5 aromatic rings. The Morgan fingerprint density at radius 2 is 1.29 bits per heavy atom. The second-order valence-electron chi connectivity index (χ2n) is 15.0. The Bertz CT molecular complexity index is 1960. The van der Waals surface area contributed by atoms with E-state index in [1.54, 1.807) is 0 Å². The van der Waals surface area contributed by atoms with Gasteiger partial charge in [0.05, 0.1) is 12.4 Å². The minimum absolute atomic E-state index is 0.193. The molecular weight excluding hydrogens is 592 g/mol. The fourth-order valence-electron chi connectivity index (χ4n) is 5.92. The van der Waals surface area contributed by atoms with Gasteiger partial charge in [0.2, 0.25) is 0 Å². The van der Waals surface area contributed by atoms with Crippen LogP contribution in [-0.2, 0) is 10.8 Å². The maximum atomic E-state index is 6.35. The Balaban J connectivity index is 1.32. The Morgan fingerprint density at radius 1 is 0.667 bits per heavy atom. The maximum Gasteiger partial charge on any atom is 0.163 e. The van der Waals surface area contributed by atoms with Gasteiger partial charge in [-0.2, -0.15) is 0 Å². The predicted molar refractivity (Wildman–Crippen MR) is 196 cm³/mol. The Kier molecular flexibility index (Phi) is 8.58. The number of rotatable bonds is 6. The van der Waals surface area contributed by atoms with Crippen molar-refractivity contribution < 1.29 is 4.74 Å². The van der Waals surface area contributed by atoms with E-state index in [2.05, 4.69) is 134 Å². The number of anilines is 1. The topological polar surface area (TPSA) is 67.3 Å². The molecule has 7 nitrogen and oxygen atoms in total. The molecule has 7 heteroatoms. The average molecular weight is 639 g/mol. The fraction of sp³-hybridized carbons (Fsp3) is 0.317. The second kappa shape index (κ2) is 12.5. The molecule has 0 aliphatic carbocycles. The van der Waals surface area contributed by atoms with Crippen molar-refractivity contribution in [3.05, 3.63) is 114 Å². The summed E-state index contributed by atoms with van der Waals surface area (Å²) in [6.07, 6.45) is 6.11. The third kappa shape index (κ3) is 6.96. The van der Waals surface area contributed by atoms with Crippen LogP contribution in [0.1, 0.15) is 69.9 Å². The zero-order valence-electron chi connectivity index (χ0n) is 29.9. The van der Waals surface area contributed by atoms with Crippen LogP contribution in [0, 0.1) is 20.8 Å². The molecule has 3 aromatic carbocycles. The van der Waals surface area contributed by atoms with Gasteiger partial charge in [0.25, 0.3) is 0 Å². The third-order valence-electron chi connectivity index (χ3n) is 8.53. The van der Waals surface area contributed by atoms with E-state index in [0.717, 1.165) is 80.4 Å². The van der Waals surface area contributed by atoms with Crippen LogP contribution in [0.25, 0.3) is 33.8 Å². The van der Waals surface area contributed by atoms with Crippen LogP contribution in [0.4, 0.5) is 5.69 Å². The summed E-state index contributed by atoms with van der Waals surface area (Å²) in [6.45, 7) is 20.1. The number of benzene rings is 3. The number of nitrogens with zero attached hydrogens (tertiary/aromatic N) is 6. The van der Waals surface area contributed by atoms with E-state index >= 15 is 0 Å². The molecule has 0 N–H and O–H groups in total. The summed E-state index contributed by atoms with van der Waals surface area (Å²) in [4.78, 5) is 24.0. The van der Waals surface area contributed by atoms with E-state index in [-0.39, 0.29) is 10.8 Å². The van der Waals surface area contributed by atoms with Gasteiger partial charge in [-0.3, -0.25) is 4.98 Å². The molecule has 0 fully saturated rings. The molecule has 6 rings (SSSR count). The van der Waals surface area contributed by atoms with Gasteiger partial charge in [-0.05, 0) is 91.1 Å². The van der Waals surface area contributed by atoms with Crippen LogP contribution < -0.4 is 9.64 Å². The van der Waals surface area contributed by atoms with Crippen molar-refractivity contribution in [2.75, 3.05) is 18.6 Å². The Morgan fingerprint density at radius 3 is 1.90 bits per heavy atom. The second-order valence-corrected chi connectivity index (χ2v) is 15.0. The molecule has 246 valence electrons. The van der Waals surface area contributed by atoms with Crippen LogP contribution in [0.5, 0.6) is 11.5 Å². The molecule has 0 saturated heterocycles. The molecule has 0 saturated carbocycles. The van der Waals surface area contributed by atoms with Crippen molar-refractivity contribution in [3.8, 4) is 45.3 Å². The molecule has 0 amide bonds. The van der Waals surface area contributed by atoms with Crippen LogP contribution >= 0.6 is 0 Å². The molecule has 1 aliphatic rings. The lowest BCUT2D eigenvalue weighted by Gasteiger charge is -2.23. The third-order valence-corrected chi connectivity index (χ3v) is 8.53. The number of ether oxygens (including phenoxy) is 1. The lowest BCUT2D eigenvalue weighted by atomic mass is 9.90. The van der Waals surface area contributed by atoms with Crippen LogP contribution in [0.2, 0.25) is 0 Å². The van der Waals surface area contributed by atoms with Gasteiger partial charge < -0.3 is 14.5 Å². The molecule has 0 unspecified atom stereocenters. The molecular formula is C41H46N6O. The summed E-state index contributed by atoms with van der Waals surface area (Å²) in [5.74, 6) is 3.89. The summed E-state index contributed by atoms with van der Waals surface area (Å²) in [5.41, 5.74) is 9.40. The number of hydrogen-bond donors (Lipinski definition) is 0. The first-order chi connectivity index (χ1) is 22.7. The van der Waals surface area contributed by atoms with Crippen molar-refractivity contribution in [1.82, 2.24) is 24.8 Å². The average Bonchev–Trinajstić information content (AvgIpc) is 3.47. The molecule has 0 atom stereocenters. The molecule has 0 radical (unpaired) electrons. The minimum Gasteiger partial charge on any atom is -0.457 e. The van der Waals surface area contributed by atoms with Crippen molar-refractivity contribution in [2.45, 2.75) is 73.1 Å². The van der Waals surface area contributed by atoms with Gasteiger partial charge in [-0.1, -0.05) is 59.7 Å². The van der Waals surface area contributed by atoms with Crippen molar-refractivity contribution in [2.24, 2.45) is 0 Å². The van der Waals surface area contributed by atoms with Crippen molar-refractivity contribution in [3.63, 3.8) is 0 Å². The standard InChI is InChI=1S/C41H46N6O/c1-26-19-30(37-43-38(40(4,5)6)45-39(44-37)41(7,8)9)20-27(2)36(26)34-23-35(42-24-28(34)3)29-13-11-15-32(21-29)48-33-16-12-14-31(22-33)47-18-17-46(10)25-47/h11-24H,25H2,1-10H3. The van der Waals surface area contributed by atoms with E-state index in [0.29, 0.717) is 0 Å². The van der Waals surface area contributed by atoms with E-state index < -0.39 is 0 Å². The highest BCUT2D eigenvalue weighted by atomic mass is 16.5. The Labute approximate surface area is 285 Å². The fourth-order valence-corrected chi connectivity index (χ4v) is 5.92. The van der Waals surface area contributed by atoms with E-state index in [1.807, 2.05) is 30.5 Å². The first-order valence-electron chi connectivity index (χ1n) is 16.5.